The minimum Gasteiger partial charge on any atom is -0.355 e. The predicted octanol–water partition coefficient (Wildman–Crippen LogP) is 2.31. The van der Waals surface area contributed by atoms with E-state index >= 15 is 0 Å². The first-order valence-corrected chi connectivity index (χ1v) is 6.21. The smallest absolute Gasteiger partial charge is 0.147 e. The molecule has 0 amide bonds. The van der Waals surface area contributed by atoms with Crippen molar-refractivity contribution in [3.05, 3.63) is 23.4 Å². The van der Waals surface area contributed by atoms with E-state index in [1.54, 1.807) is 6.20 Å². The summed E-state index contributed by atoms with van der Waals surface area (Å²) in [6, 6.07) is 4.31. The van der Waals surface area contributed by atoms with E-state index in [0.717, 1.165) is 30.4 Å². The maximum Gasteiger partial charge on any atom is 0.147 e. The molecule has 88 valence electrons. The molecule has 1 aromatic heterocycles. The Morgan fingerprint density at radius 1 is 1.44 bits per heavy atom. The van der Waals surface area contributed by atoms with E-state index in [0.29, 0.717) is 6.04 Å². The van der Waals surface area contributed by atoms with E-state index in [1.165, 1.54) is 12.8 Å². The number of nitrogens with one attached hydrogen (secondary N) is 1. The van der Waals surface area contributed by atoms with Crippen LogP contribution in [-0.2, 0) is 0 Å². The maximum absolute atomic E-state index is 6.16. The molecule has 1 unspecified atom stereocenters. The summed E-state index contributed by atoms with van der Waals surface area (Å²) >= 11 is 6.16. The molecule has 1 aromatic rings. The first-order chi connectivity index (χ1) is 7.79. The van der Waals surface area contributed by atoms with Crippen LogP contribution in [0.3, 0.4) is 0 Å². The largest absolute Gasteiger partial charge is 0.355 e. The summed E-state index contributed by atoms with van der Waals surface area (Å²) < 4.78 is 0. The molecule has 1 fully saturated rings. The van der Waals surface area contributed by atoms with Crippen LogP contribution in [0, 0.1) is 0 Å². The number of aromatic nitrogens is 1. The zero-order chi connectivity index (χ0) is 11.4. The van der Waals surface area contributed by atoms with Gasteiger partial charge in [-0.3, -0.25) is 0 Å². The van der Waals surface area contributed by atoms with Crippen LogP contribution in [0.5, 0.6) is 0 Å². The molecule has 0 bridgehead atoms. The fraction of sp³-hybridized carbons (Fsp3) is 0.583. The lowest BCUT2D eigenvalue weighted by Gasteiger charge is -2.28. The van der Waals surface area contributed by atoms with E-state index in [2.05, 4.69) is 22.2 Å². The number of rotatable bonds is 2. The van der Waals surface area contributed by atoms with Gasteiger partial charge in [-0.05, 0) is 44.5 Å². The Bertz CT molecular complexity index is 335. The monoisotopic (exact) mass is 239 g/mol. The van der Waals surface area contributed by atoms with Crippen LogP contribution in [0.1, 0.15) is 19.3 Å². The third-order valence-electron chi connectivity index (χ3n) is 3.17. The van der Waals surface area contributed by atoms with Gasteiger partial charge >= 0.3 is 0 Å². The summed E-state index contributed by atoms with van der Waals surface area (Å²) in [5.41, 5.74) is 0. The lowest BCUT2D eigenvalue weighted by Crippen LogP contribution is -2.33. The Morgan fingerprint density at radius 3 is 3.12 bits per heavy atom. The molecule has 1 aliphatic rings. The van der Waals surface area contributed by atoms with Crippen LogP contribution in [0.25, 0.3) is 0 Å². The minimum absolute atomic E-state index is 0.544. The average molecular weight is 240 g/mol. The number of pyridine rings is 1. The van der Waals surface area contributed by atoms with E-state index in [4.69, 9.17) is 11.6 Å². The van der Waals surface area contributed by atoms with Crippen molar-refractivity contribution in [2.24, 2.45) is 0 Å². The normalized spacial score (nSPS) is 21.5. The Labute approximate surface area is 102 Å². The number of hydrogen-bond acceptors (Lipinski definition) is 3. The van der Waals surface area contributed by atoms with Gasteiger partial charge in [0.2, 0.25) is 0 Å². The van der Waals surface area contributed by atoms with Gasteiger partial charge in [-0.1, -0.05) is 11.6 Å². The summed E-state index contributed by atoms with van der Waals surface area (Å²) in [4.78, 5) is 6.58. The molecule has 4 heteroatoms. The Morgan fingerprint density at radius 2 is 2.31 bits per heavy atom. The number of hydrogen-bond donors (Lipinski definition) is 1. The second-order valence-corrected chi connectivity index (χ2v) is 4.66. The van der Waals surface area contributed by atoms with Crippen molar-refractivity contribution in [2.45, 2.75) is 25.3 Å². The van der Waals surface area contributed by atoms with E-state index < -0.39 is 0 Å². The van der Waals surface area contributed by atoms with Crippen molar-refractivity contribution in [1.29, 1.82) is 0 Å². The molecular weight excluding hydrogens is 222 g/mol. The van der Waals surface area contributed by atoms with Crippen molar-refractivity contribution >= 4 is 17.4 Å². The zero-order valence-electron chi connectivity index (χ0n) is 9.62. The first kappa shape index (κ1) is 11.7. The summed E-state index contributed by atoms with van der Waals surface area (Å²) in [5.74, 6) is 0.899. The number of halogens is 1. The SMILES string of the molecule is CN(c1ncccc1Cl)C1CCCNCC1. The average Bonchev–Trinajstić information content (AvgIpc) is 2.57. The quantitative estimate of drug-likeness (QED) is 0.859. The molecule has 0 aromatic carbocycles. The van der Waals surface area contributed by atoms with Crippen LogP contribution in [-0.4, -0.2) is 31.2 Å². The van der Waals surface area contributed by atoms with E-state index in [1.807, 2.05) is 12.1 Å². The van der Waals surface area contributed by atoms with Crippen molar-refractivity contribution in [1.82, 2.24) is 10.3 Å². The lowest BCUT2D eigenvalue weighted by atomic mass is 10.1. The highest BCUT2D eigenvalue weighted by Crippen LogP contribution is 2.25. The van der Waals surface area contributed by atoms with Gasteiger partial charge in [0.25, 0.3) is 0 Å². The highest BCUT2D eigenvalue weighted by molar-refractivity contribution is 6.32. The van der Waals surface area contributed by atoms with Gasteiger partial charge in [0, 0.05) is 19.3 Å². The molecule has 2 rings (SSSR count). The fourth-order valence-corrected chi connectivity index (χ4v) is 2.45. The molecule has 0 aliphatic carbocycles. The van der Waals surface area contributed by atoms with Gasteiger partial charge in [0.15, 0.2) is 0 Å². The van der Waals surface area contributed by atoms with E-state index in [9.17, 15) is 0 Å². The summed E-state index contributed by atoms with van der Waals surface area (Å²) in [5, 5.41) is 4.16. The van der Waals surface area contributed by atoms with Gasteiger partial charge in [-0.15, -0.1) is 0 Å². The molecule has 1 atom stereocenters. The molecule has 1 N–H and O–H groups in total. The Balaban J connectivity index is 2.11. The zero-order valence-corrected chi connectivity index (χ0v) is 10.4. The van der Waals surface area contributed by atoms with Crippen LogP contribution in [0.2, 0.25) is 5.02 Å². The summed E-state index contributed by atoms with van der Waals surface area (Å²) in [7, 11) is 2.09. The highest BCUT2D eigenvalue weighted by atomic mass is 35.5. The first-order valence-electron chi connectivity index (χ1n) is 5.83. The standard InChI is InChI=1S/C12H18ClN3/c1-16(10-4-2-7-14-9-6-10)12-11(13)5-3-8-15-12/h3,5,8,10,14H,2,4,6-7,9H2,1H3. The fourth-order valence-electron chi connectivity index (χ4n) is 2.20. The minimum atomic E-state index is 0.544. The Hall–Kier alpha value is -0.800. The second kappa shape index (κ2) is 5.51. The second-order valence-electron chi connectivity index (χ2n) is 4.25. The molecule has 3 nitrogen and oxygen atoms in total. The van der Waals surface area contributed by atoms with Crippen LogP contribution in [0.4, 0.5) is 5.82 Å². The molecule has 16 heavy (non-hydrogen) atoms. The van der Waals surface area contributed by atoms with E-state index in [-0.39, 0.29) is 0 Å². The Kier molecular flexibility index (Phi) is 4.02. The maximum atomic E-state index is 6.16. The lowest BCUT2D eigenvalue weighted by molar-refractivity contribution is 0.563. The van der Waals surface area contributed by atoms with Gasteiger partial charge in [-0.25, -0.2) is 4.98 Å². The van der Waals surface area contributed by atoms with Crippen molar-refractivity contribution in [2.75, 3.05) is 25.0 Å². The van der Waals surface area contributed by atoms with Crippen molar-refractivity contribution in [3.63, 3.8) is 0 Å². The van der Waals surface area contributed by atoms with Crippen molar-refractivity contribution < 1.29 is 0 Å². The summed E-state index contributed by atoms with van der Waals surface area (Å²) in [6.07, 6.45) is 5.38. The number of anilines is 1. The molecule has 1 aliphatic heterocycles. The van der Waals surface area contributed by atoms with Gasteiger partial charge in [0.05, 0.1) is 5.02 Å². The van der Waals surface area contributed by atoms with Gasteiger partial charge in [-0.2, -0.15) is 0 Å². The summed E-state index contributed by atoms with van der Waals surface area (Å²) in [6.45, 7) is 2.21. The third kappa shape index (κ3) is 2.66. The van der Waals surface area contributed by atoms with Gasteiger partial charge < -0.3 is 10.2 Å². The van der Waals surface area contributed by atoms with Crippen molar-refractivity contribution in [3.8, 4) is 0 Å². The topological polar surface area (TPSA) is 28.2 Å². The molecule has 2 heterocycles. The molecule has 0 saturated carbocycles. The number of nitrogens with zero attached hydrogens (tertiary/aromatic N) is 2. The van der Waals surface area contributed by atoms with Crippen LogP contribution < -0.4 is 10.2 Å². The molecule has 1 saturated heterocycles. The molecule has 0 spiro atoms. The highest BCUT2D eigenvalue weighted by Gasteiger charge is 2.19. The molecular formula is C12H18ClN3. The third-order valence-corrected chi connectivity index (χ3v) is 3.46. The predicted molar refractivity (Wildman–Crippen MR) is 68.2 cm³/mol. The molecule has 0 radical (unpaired) electrons. The van der Waals surface area contributed by atoms with Crippen LogP contribution >= 0.6 is 11.6 Å². The van der Waals surface area contributed by atoms with Crippen LogP contribution in [0.15, 0.2) is 18.3 Å². The van der Waals surface area contributed by atoms with Gasteiger partial charge in [0.1, 0.15) is 5.82 Å².